The van der Waals surface area contributed by atoms with Crippen LogP contribution in [0.5, 0.6) is 0 Å². The maximum absolute atomic E-state index is 12.8. The third kappa shape index (κ3) is 4.15. The molecule has 0 bridgehead atoms. The van der Waals surface area contributed by atoms with E-state index in [0.29, 0.717) is 39.1 Å². The normalized spacial score (nSPS) is 20.2. The van der Waals surface area contributed by atoms with Crippen molar-refractivity contribution in [2.45, 2.75) is 32.4 Å². The summed E-state index contributed by atoms with van der Waals surface area (Å²) < 4.78 is 5.39. The zero-order valence-corrected chi connectivity index (χ0v) is 15.1. The minimum Gasteiger partial charge on any atom is -0.445 e. The number of piperazine rings is 1. The van der Waals surface area contributed by atoms with Gasteiger partial charge in [0.1, 0.15) is 12.6 Å². The van der Waals surface area contributed by atoms with E-state index in [1.54, 1.807) is 21.6 Å². The van der Waals surface area contributed by atoms with Crippen LogP contribution in [-0.4, -0.2) is 71.4 Å². The molecule has 3 amide bonds. The van der Waals surface area contributed by atoms with Gasteiger partial charge in [-0.1, -0.05) is 30.3 Å². The first-order valence-electron chi connectivity index (χ1n) is 9.08. The maximum Gasteiger partial charge on any atom is 0.410 e. The van der Waals surface area contributed by atoms with Crippen LogP contribution in [0.2, 0.25) is 0 Å². The third-order valence-electron chi connectivity index (χ3n) is 5.01. The molecule has 3 rings (SSSR count). The molecule has 1 aromatic carbocycles. The molecule has 1 atom stereocenters. The second kappa shape index (κ2) is 8.21. The van der Waals surface area contributed by atoms with Crippen LogP contribution >= 0.6 is 0 Å². The van der Waals surface area contributed by atoms with Gasteiger partial charge < -0.3 is 14.5 Å². The van der Waals surface area contributed by atoms with E-state index in [1.807, 2.05) is 30.3 Å². The lowest BCUT2D eigenvalue weighted by Gasteiger charge is -2.36. The van der Waals surface area contributed by atoms with Crippen LogP contribution in [0.1, 0.15) is 25.3 Å². The summed E-state index contributed by atoms with van der Waals surface area (Å²) in [5, 5.41) is 0. The topological polar surface area (TPSA) is 70.2 Å². The molecule has 2 aliphatic heterocycles. The fourth-order valence-electron chi connectivity index (χ4n) is 3.50. The lowest BCUT2D eigenvalue weighted by atomic mass is 10.1. The SMILES string of the molecule is CC(=O)N1CCN(C(=O)C2CCCN2C(=O)OCc2ccccc2)CC1. The van der Waals surface area contributed by atoms with E-state index in [2.05, 4.69) is 0 Å². The molecule has 2 fully saturated rings. The van der Waals surface area contributed by atoms with Crippen molar-refractivity contribution in [3.8, 4) is 0 Å². The van der Waals surface area contributed by atoms with Crippen molar-refractivity contribution in [1.82, 2.24) is 14.7 Å². The molecule has 2 aliphatic rings. The summed E-state index contributed by atoms with van der Waals surface area (Å²) >= 11 is 0. The Labute approximate surface area is 153 Å². The van der Waals surface area contributed by atoms with Gasteiger partial charge in [-0.15, -0.1) is 0 Å². The highest BCUT2D eigenvalue weighted by Crippen LogP contribution is 2.21. The van der Waals surface area contributed by atoms with E-state index in [1.165, 1.54) is 0 Å². The number of rotatable bonds is 3. The van der Waals surface area contributed by atoms with Crippen molar-refractivity contribution in [3.63, 3.8) is 0 Å². The van der Waals surface area contributed by atoms with Gasteiger partial charge in [0.25, 0.3) is 0 Å². The van der Waals surface area contributed by atoms with Gasteiger partial charge in [0, 0.05) is 39.6 Å². The van der Waals surface area contributed by atoms with Crippen LogP contribution in [0.25, 0.3) is 0 Å². The van der Waals surface area contributed by atoms with Crippen LogP contribution in [0.15, 0.2) is 30.3 Å². The van der Waals surface area contributed by atoms with Gasteiger partial charge in [0.15, 0.2) is 0 Å². The molecule has 7 nitrogen and oxygen atoms in total. The highest BCUT2D eigenvalue weighted by molar-refractivity contribution is 5.86. The minimum atomic E-state index is -0.456. The molecule has 1 aromatic rings. The maximum atomic E-state index is 12.8. The number of hydrogen-bond donors (Lipinski definition) is 0. The van der Waals surface area contributed by atoms with Crippen molar-refractivity contribution in [1.29, 1.82) is 0 Å². The molecular formula is C19H25N3O4. The number of likely N-dealkylation sites (tertiary alicyclic amines) is 1. The fourth-order valence-corrected chi connectivity index (χ4v) is 3.50. The third-order valence-corrected chi connectivity index (χ3v) is 5.01. The molecular weight excluding hydrogens is 334 g/mol. The van der Waals surface area contributed by atoms with Gasteiger partial charge in [-0.2, -0.15) is 0 Å². The van der Waals surface area contributed by atoms with E-state index in [4.69, 9.17) is 4.74 Å². The number of benzene rings is 1. The molecule has 0 saturated carbocycles. The zero-order valence-electron chi connectivity index (χ0n) is 15.1. The molecule has 2 heterocycles. The number of amides is 3. The van der Waals surface area contributed by atoms with Crippen molar-refractivity contribution in [2.75, 3.05) is 32.7 Å². The average Bonchev–Trinajstić information content (AvgIpc) is 3.16. The molecule has 0 N–H and O–H groups in total. The van der Waals surface area contributed by atoms with Crippen LogP contribution in [0, 0.1) is 0 Å². The lowest BCUT2D eigenvalue weighted by Crippen LogP contribution is -2.55. The lowest BCUT2D eigenvalue weighted by molar-refractivity contribution is -0.141. The Hall–Kier alpha value is -2.57. The first-order chi connectivity index (χ1) is 12.6. The molecule has 0 radical (unpaired) electrons. The summed E-state index contributed by atoms with van der Waals surface area (Å²) in [7, 11) is 0. The van der Waals surface area contributed by atoms with E-state index >= 15 is 0 Å². The molecule has 0 aliphatic carbocycles. The minimum absolute atomic E-state index is 0.0316. The molecule has 140 valence electrons. The molecule has 0 aromatic heterocycles. The summed E-state index contributed by atoms with van der Waals surface area (Å²) in [5.74, 6) is -0.00792. The molecule has 26 heavy (non-hydrogen) atoms. The van der Waals surface area contributed by atoms with Crippen LogP contribution < -0.4 is 0 Å². The Morgan fingerprint density at radius 3 is 2.31 bits per heavy atom. The second-order valence-corrected chi connectivity index (χ2v) is 6.72. The smallest absolute Gasteiger partial charge is 0.410 e. The van der Waals surface area contributed by atoms with Crippen LogP contribution in [-0.2, 0) is 20.9 Å². The highest BCUT2D eigenvalue weighted by Gasteiger charge is 2.38. The quantitative estimate of drug-likeness (QED) is 0.820. The predicted octanol–water partition coefficient (Wildman–Crippen LogP) is 1.48. The second-order valence-electron chi connectivity index (χ2n) is 6.72. The summed E-state index contributed by atoms with van der Waals surface area (Å²) in [4.78, 5) is 41.7. The molecule has 1 unspecified atom stereocenters. The zero-order chi connectivity index (χ0) is 18.5. The summed E-state index contributed by atoms with van der Waals surface area (Å²) in [6, 6.07) is 9.04. The van der Waals surface area contributed by atoms with Crippen LogP contribution in [0.3, 0.4) is 0 Å². The Balaban J connectivity index is 1.54. The predicted molar refractivity (Wildman–Crippen MR) is 95.2 cm³/mol. The number of carbonyl (C=O) groups is 3. The Morgan fingerprint density at radius 2 is 1.65 bits per heavy atom. The molecule has 7 heteroatoms. The van der Waals surface area contributed by atoms with E-state index in [9.17, 15) is 14.4 Å². The first kappa shape index (κ1) is 18.2. The van der Waals surface area contributed by atoms with Gasteiger partial charge in [-0.3, -0.25) is 14.5 Å². The fraction of sp³-hybridized carbons (Fsp3) is 0.526. The van der Waals surface area contributed by atoms with E-state index < -0.39 is 12.1 Å². The Bertz CT molecular complexity index is 656. The number of ether oxygens (including phenoxy) is 1. The average molecular weight is 359 g/mol. The van der Waals surface area contributed by atoms with Gasteiger partial charge in [-0.05, 0) is 18.4 Å². The Kier molecular flexibility index (Phi) is 5.75. The Morgan fingerprint density at radius 1 is 1.00 bits per heavy atom. The summed E-state index contributed by atoms with van der Waals surface area (Å²) in [6.07, 6.45) is 1.02. The van der Waals surface area contributed by atoms with Crippen molar-refractivity contribution >= 4 is 17.9 Å². The van der Waals surface area contributed by atoms with Crippen molar-refractivity contribution in [3.05, 3.63) is 35.9 Å². The van der Waals surface area contributed by atoms with Gasteiger partial charge in [0.2, 0.25) is 11.8 Å². The number of hydrogen-bond acceptors (Lipinski definition) is 4. The van der Waals surface area contributed by atoms with Gasteiger partial charge in [-0.25, -0.2) is 4.79 Å². The molecule has 2 saturated heterocycles. The summed E-state index contributed by atoms with van der Waals surface area (Å²) in [5.41, 5.74) is 0.920. The van der Waals surface area contributed by atoms with E-state index in [-0.39, 0.29) is 18.4 Å². The van der Waals surface area contributed by atoms with Crippen molar-refractivity contribution in [2.24, 2.45) is 0 Å². The van der Waals surface area contributed by atoms with E-state index in [0.717, 1.165) is 12.0 Å². The standard InChI is InChI=1S/C19H25N3O4/c1-15(23)20-10-12-21(13-11-20)18(24)17-8-5-9-22(17)19(25)26-14-16-6-3-2-4-7-16/h2-4,6-7,17H,5,8-14H2,1H3. The largest absolute Gasteiger partial charge is 0.445 e. The van der Waals surface area contributed by atoms with Crippen molar-refractivity contribution < 1.29 is 19.1 Å². The number of carbonyl (C=O) groups excluding carboxylic acids is 3. The van der Waals surface area contributed by atoms with Gasteiger partial charge >= 0.3 is 6.09 Å². The number of nitrogens with zero attached hydrogens (tertiary/aromatic N) is 3. The first-order valence-corrected chi connectivity index (χ1v) is 9.08. The van der Waals surface area contributed by atoms with Gasteiger partial charge in [0.05, 0.1) is 0 Å². The summed E-state index contributed by atoms with van der Waals surface area (Å²) in [6.45, 7) is 4.41. The monoisotopic (exact) mass is 359 g/mol. The highest BCUT2D eigenvalue weighted by atomic mass is 16.6. The molecule has 0 spiro atoms. The van der Waals surface area contributed by atoms with Crippen LogP contribution in [0.4, 0.5) is 4.79 Å².